The predicted octanol–water partition coefficient (Wildman–Crippen LogP) is 0.608. The Labute approximate surface area is 90.2 Å². The van der Waals surface area contributed by atoms with Crippen LogP contribution < -0.4 is 0 Å². The predicted molar refractivity (Wildman–Crippen MR) is 58.1 cm³/mol. The third-order valence-electron chi connectivity index (χ3n) is 2.20. The minimum atomic E-state index is -3.46. The quantitative estimate of drug-likeness (QED) is 0.823. The van der Waals surface area contributed by atoms with E-state index in [4.69, 9.17) is 5.11 Å². The molecule has 0 saturated heterocycles. The van der Waals surface area contributed by atoms with Crippen molar-refractivity contribution in [3.05, 3.63) is 29.8 Å². The molecule has 1 aromatic rings. The summed E-state index contributed by atoms with van der Waals surface area (Å²) in [5.41, 5.74) is 0.710. The lowest BCUT2D eigenvalue weighted by molar-refractivity contribution is 0.266. The van der Waals surface area contributed by atoms with E-state index < -0.39 is 10.0 Å². The highest BCUT2D eigenvalue weighted by atomic mass is 32.2. The first kappa shape index (κ1) is 12.2. The summed E-state index contributed by atoms with van der Waals surface area (Å²) in [6.45, 7) is 1.68. The van der Waals surface area contributed by atoms with E-state index in [1.807, 2.05) is 0 Å². The highest BCUT2D eigenvalue weighted by Crippen LogP contribution is 2.17. The fourth-order valence-corrected chi connectivity index (χ4v) is 2.66. The monoisotopic (exact) mass is 229 g/mol. The Kier molecular flexibility index (Phi) is 3.84. The third-order valence-corrected chi connectivity index (χ3v) is 4.21. The van der Waals surface area contributed by atoms with Crippen molar-refractivity contribution < 1.29 is 13.5 Å². The molecule has 0 aliphatic carbocycles. The molecule has 0 amide bonds. The first-order valence-electron chi connectivity index (χ1n) is 4.63. The molecule has 84 valence electrons. The van der Waals surface area contributed by atoms with E-state index in [0.717, 1.165) is 4.31 Å². The molecule has 0 saturated carbocycles. The van der Waals surface area contributed by atoms with E-state index >= 15 is 0 Å². The Bertz CT molecular complexity index is 428. The zero-order chi connectivity index (χ0) is 11.5. The summed E-state index contributed by atoms with van der Waals surface area (Å²) in [5.74, 6) is 0. The van der Waals surface area contributed by atoms with Crippen LogP contribution in [0, 0.1) is 6.92 Å². The van der Waals surface area contributed by atoms with Gasteiger partial charge in [-0.25, -0.2) is 8.42 Å². The second-order valence-corrected chi connectivity index (χ2v) is 5.33. The molecule has 1 aromatic carbocycles. The van der Waals surface area contributed by atoms with Gasteiger partial charge in [-0.1, -0.05) is 18.2 Å². The molecule has 0 fully saturated rings. The van der Waals surface area contributed by atoms with E-state index in [1.165, 1.54) is 7.05 Å². The number of hydrogen-bond acceptors (Lipinski definition) is 3. The zero-order valence-electron chi connectivity index (χ0n) is 8.84. The summed E-state index contributed by atoms with van der Waals surface area (Å²) in [7, 11) is -2.00. The van der Waals surface area contributed by atoms with Crippen molar-refractivity contribution in [1.82, 2.24) is 4.31 Å². The van der Waals surface area contributed by atoms with Crippen LogP contribution in [0.15, 0.2) is 29.2 Å². The van der Waals surface area contributed by atoms with Gasteiger partial charge in [0.25, 0.3) is 0 Å². The van der Waals surface area contributed by atoms with Gasteiger partial charge in [-0.05, 0) is 18.6 Å². The lowest BCUT2D eigenvalue weighted by Gasteiger charge is -2.17. The molecule has 0 unspecified atom stereocenters. The smallest absolute Gasteiger partial charge is 0.243 e. The second kappa shape index (κ2) is 4.74. The molecule has 5 heteroatoms. The van der Waals surface area contributed by atoms with E-state index in [0.29, 0.717) is 10.5 Å². The lowest BCUT2D eigenvalue weighted by atomic mass is 10.2. The van der Waals surface area contributed by atoms with Crippen molar-refractivity contribution in [2.24, 2.45) is 0 Å². The summed E-state index contributed by atoms with van der Waals surface area (Å²) >= 11 is 0. The highest BCUT2D eigenvalue weighted by Gasteiger charge is 2.21. The van der Waals surface area contributed by atoms with Crippen molar-refractivity contribution in [2.45, 2.75) is 11.8 Å². The molecule has 0 aliphatic heterocycles. The molecule has 0 aromatic heterocycles. The minimum Gasteiger partial charge on any atom is -0.395 e. The van der Waals surface area contributed by atoms with Crippen molar-refractivity contribution in [1.29, 1.82) is 0 Å². The Hall–Kier alpha value is -0.910. The van der Waals surface area contributed by atoms with E-state index in [9.17, 15) is 8.42 Å². The van der Waals surface area contributed by atoms with E-state index in [2.05, 4.69) is 0 Å². The van der Waals surface area contributed by atoms with E-state index in [-0.39, 0.29) is 13.2 Å². The van der Waals surface area contributed by atoms with Crippen LogP contribution in [0.3, 0.4) is 0 Å². The number of rotatable bonds is 4. The van der Waals surface area contributed by atoms with Gasteiger partial charge in [0.05, 0.1) is 11.5 Å². The fraction of sp³-hybridized carbons (Fsp3) is 0.400. The molecular weight excluding hydrogens is 214 g/mol. The average Bonchev–Trinajstić information content (AvgIpc) is 2.18. The van der Waals surface area contributed by atoms with Crippen LogP contribution in [0.1, 0.15) is 5.56 Å². The summed E-state index contributed by atoms with van der Waals surface area (Å²) in [6, 6.07) is 6.80. The van der Waals surface area contributed by atoms with Crippen LogP contribution in [0.4, 0.5) is 0 Å². The number of aliphatic hydroxyl groups excluding tert-OH is 1. The Balaban J connectivity index is 3.12. The van der Waals surface area contributed by atoms with Crippen LogP contribution >= 0.6 is 0 Å². The first-order chi connectivity index (χ1) is 7.00. The number of aliphatic hydroxyl groups is 1. The van der Waals surface area contributed by atoms with Gasteiger partial charge < -0.3 is 5.11 Å². The Morgan fingerprint density at radius 3 is 2.47 bits per heavy atom. The fourth-order valence-electron chi connectivity index (χ4n) is 1.27. The van der Waals surface area contributed by atoms with Crippen molar-refractivity contribution in [3.8, 4) is 0 Å². The maximum absolute atomic E-state index is 12.0. The van der Waals surface area contributed by atoms with E-state index in [1.54, 1.807) is 31.2 Å². The molecule has 0 bridgehead atoms. The van der Waals surface area contributed by atoms with Gasteiger partial charge >= 0.3 is 0 Å². The van der Waals surface area contributed by atoms with Gasteiger partial charge in [0.1, 0.15) is 0 Å². The average molecular weight is 229 g/mol. The number of aryl methyl sites for hydroxylation is 1. The van der Waals surface area contributed by atoms with Gasteiger partial charge in [0, 0.05) is 13.6 Å². The van der Waals surface area contributed by atoms with Gasteiger partial charge in [-0.15, -0.1) is 0 Å². The van der Waals surface area contributed by atoms with Gasteiger partial charge in [0.2, 0.25) is 10.0 Å². The van der Waals surface area contributed by atoms with Crippen LogP contribution in [0.2, 0.25) is 0 Å². The number of nitrogens with zero attached hydrogens (tertiary/aromatic N) is 1. The third kappa shape index (κ3) is 2.56. The SMILES string of the molecule is Cc1ccccc1S(=O)(=O)N(C)CCO. The Morgan fingerprint density at radius 2 is 1.93 bits per heavy atom. The number of sulfonamides is 1. The zero-order valence-corrected chi connectivity index (χ0v) is 9.66. The molecule has 1 N–H and O–H groups in total. The molecule has 0 radical (unpaired) electrons. The molecule has 0 atom stereocenters. The van der Waals surface area contributed by atoms with Crippen LogP contribution in [0.25, 0.3) is 0 Å². The molecule has 1 rings (SSSR count). The van der Waals surface area contributed by atoms with Gasteiger partial charge in [0.15, 0.2) is 0 Å². The van der Waals surface area contributed by atoms with Crippen LogP contribution in [0.5, 0.6) is 0 Å². The van der Waals surface area contributed by atoms with Crippen LogP contribution in [-0.4, -0.2) is 38.0 Å². The Morgan fingerprint density at radius 1 is 1.33 bits per heavy atom. The topological polar surface area (TPSA) is 57.6 Å². The van der Waals surface area contributed by atoms with Crippen molar-refractivity contribution >= 4 is 10.0 Å². The highest BCUT2D eigenvalue weighted by molar-refractivity contribution is 7.89. The number of benzene rings is 1. The standard InChI is InChI=1S/C10H15NO3S/c1-9-5-3-4-6-10(9)15(13,14)11(2)7-8-12/h3-6,12H,7-8H2,1-2H3. The molecule has 15 heavy (non-hydrogen) atoms. The normalized spacial score (nSPS) is 12.0. The maximum atomic E-state index is 12.0. The second-order valence-electron chi connectivity index (χ2n) is 3.32. The summed E-state index contributed by atoms with van der Waals surface area (Å²) < 4.78 is 25.1. The minimum absolute atomic E-state index is 0.108. The lowest BCUT2D eigenvalue weighted by Crippen LogP contribution is -2.30. The molecule has 0 spiro atoms. The van der Waals surface area contributed by atoms with Gasteiger partial charge in [-0.2, -0.15) is 4.31 Å². The molecule has 0 heterocycles. The van der Waals surface area contributed by atoms with Crippen molar-refractivity contribution in [2.75, 3.05) is 20.2 Å². The maximum Gasteiger partial charge on any atom is 0.243 e. The molecule has 4 nitrogen and oxygen atoms in total. The summed E-state index contributed by atoms with van der Waals surface area (Å²) in [5, 5.41) is 8.71. The summed E-state index contributed by atoms with van der Waals surface area (Å²) in [6.07, 6.45) is 0. The largest absolute Gasteiger partial charge is 0.395 e. The number of likely N-dealkylation sites (N-methyl/N-ethyl adjacent to an activating group) is 1. The molecule has 0 aliphatic rings. The van der Waals surface area contributed by atoms with Crippen LogP contribution in [-0.2, 0) is 10.0 Å². The van der Waals surface area contributed by atoms with Crippen molar-refractivity contribution in [3.63, 3.8) is 0 Å². The number of hydrogen-bond donors (Lipinski definition) is 1. The van der Waals surface area contributed by atoms with Gasteiger partial charge in [-0.3, -0.25) is 0 Å². The molecular formula is C10H15NO3S. The first-order valence-corrected chi connectivity index (χ1v) is 6.07. The summed E-state index contributed by atoms with van der Waals surface area (Å²) in [4.78, 5) is 0.293.